The van der Waals surface area contributed by atoms with Crippen LogP contribution in [0.3, 0.4) is 0 Å². The minimum atomic E-state index is 0.201. The topological polar surface area (TPSA) is 17.1 Å². The number of thioether (sulfide) groups is 2. The van der Waals surface area contributed by atoms with Crippen LogP contribution in [0.15, 0.2) is 11.6 Å². The lowest BCUT2D eigenvalue weighted by atomic mass is 9.79. The minimum absolute atomic E-state index is 0.201. The van der Waals surface area contributed by atoms with Gasteiger partial charge in [-0.3, -0.25) is 4.79 Å². The Morgan fingerprint density at radius 3 is 2.21 bits per heavy atom. The maximum atomic E-state index is 11.9. The summed E-state index contributed by atoms with van der Waals surface area (Å²) < 4.78 is 0. The largest absolute Gasteiger partial charge is 0.287 e. The average molecular weight is 299 g/mol. The van der Waals surface area contributed by atoms with Gasteiger partial charge >= 0.3 is 0 Å². The normalized spacial score (nSPS) is 32.8. The van der Waals surface area contributed by atoms with E-state index in [1.54, 1.807) is 11.8 Å². The molecule has 1 nitrogen and oxygen atoms in total. The van der Waals surface area contributed by atoms with Gasteiger partial charge < -0.3 is 0 Å². The molecule has 0 radical (unpaired) electrons. The van der Waals surface area contributed by atoms with E-state index in [4.69, 9.17) is 0 Å². The van der Waals surface area contributed by atoms with Crippen molar-refractivity contribution in [3.8, 4) is 0 Å². The molecule has 0 aromatic heterocycles. The van der Waals surface area contributed by atoms with Crippen molar-refractivity contribution >= 4 is 28.6 Å². The molecule has 108 valence electrons. The van der Waals surface area contributed by atoms with Crippen LogP contribution >= 0.6 is 23.5 Å². The fraction of sp³-hybridized carbons (Fsp3) is 0.812. The molecule has 0 saturated carbocycles. The second kappa shape index (κ2) is 5.14. The Bertz CT molecular complexity index is 398. The fourth-order valence-corrected chi connectivity index (χ4v) is 5.67. The zero-order valence-corrected chi connectivity index (χ0v) is 14.6. The predicted molar refractivity (Wildman–Crippen MR) is 87.7 cm³/mol. The van der Waals surface area contributed by atoms with Crippen LogP contribution in [0, 0.1) is 16.7 Å². The SMILES string of the molecule is CC(C)(C)C1C=C(C2CC(=O)SC2C(C)(C)C)CS1. The number of hydrogen-bond acceptors (Lipinski definition) is 3. The molecule has 19 heavy (non-hydrogen) atoms. The van der Waals surface area contributed by atoms with Crippen LogP contribution in [0.1, 0.15) is 48.0 Å². The third kappa shape index (κ3) is 3.41. The van der Waals surface area contributed by atoms with Gasteiger partial charge in [-0.25, -0.2) is 0 Å². The third-order valence-electron chi connectivity index (χ3n) is 3.99. The summed E-state index contributed by atoms with van der Waals surface area (Å²) in [5.74, 6) is 1.59. The van der Waals surface area contributed by atoms with E-state index in [2.05, 4.69) is 47.6 Å². The zero-order valence-electron chi connectivity index (χ0n) is 12.9. The van der Waals surface area contributed by atoms with Crippen molar-refractivity contribution in [3.05, 3.63) is 11.6 Å². The van der Waals surface area contributed by atoms with Gasteiger partial charge in [0.1, 0.15) is 0 Å². The quantitative estimate of drug-likeness (QED) is 0.649. The van der Waals surface area contributed by atoms with E-state index in [1.165, 1.54) is 5.57 Å². The molecule has 2 heterocycles. The Balaban J connectivity index is 2.20. The second-order valence-electron chi connectivity index (χ2n) is 7.93. The molecule has 0 aromatic carbocycles. The Kier molecular flexibility index (Phi) is 4.19. The monoisotopic (exact) mass is 298 g/mol. The van der Waals surface area contributed by atoms with Crippen LogP contribution in [0.5, 0.6) is 0 Å². The Labute approximate surface area is 126 Å². The van der Waals surface area contributed by atoms with E-state index >= 15 is 0 Å². The van der Waals surface area contributed by atoms with Crippen LogP contribution < -0.4 is 0 Å². The molecule has 0 aromatic rings. The summed E-state index contributed by atoms with van der Waals surface area (Å²) >= 11 is 3.63. The first-order chi connectivity index (χ1) is 8.59. The summed E-state index contributed by atoms with van der Waals surface area (Å²) in [7, 11) is 0. The Morgan fingerprint density at radius 1 is 1.11 bits per heavy atom. The number of hydrogen-bond donors (Lipinski definition) is 0. The maximum Gasteiger partial charge on any atom is 0.189 e. The van der Waals surface area contributed by atoms with E-state index in [0.29, 0.717) is 26.9 Å². The van der Waals surface area contributed by atoms with Crippen molar-refractivity contribution in [2.24, 2.45) is 16.7 Å². The highest BCUT2D eigenvalue weighted by molar-refractivity contribution is 8.14. The summed E-state index contributed by atoms with van der Waals surface area (Å²) in [6, 6.07) is 0. The molecular weight excluding hydrogens is 272 g/mol. The summed E-state index contributed by atoms with van der Waals surface area (Å²) in [5, 5.41) is 1.43. The fourth-order valence-electron chi connectivity index (χ4n) is 2.87. The standard InChI is InChI=1S/C16H26OS2/c1-15(2,3)12-7-10(9-18-12)11-8-13(17)19-14(11)16(4,5)6/h7,11-12,14H,8-9H2,1-6H3. The maximum absolute atomic E-state index is 11.9. The van der Waals surface area contributed by atoms with Crippen molar-refractivity contribution in [2.75, 3.05) is 5.75 Å². The highest BCUT2D eigenvalue weighted by Gasteiger charge is 2.44. The molecule has 0 amide bonds. The van der Waals surface area contributed by atoms with Gasteiger partial charge in [0.05, 0.1) is 0 Å². The first kappa shape index (κ1) is 15.5. The molecule has 3 atom stereocenters. The molecule has 0 spiro atoms. The Hall–Kier alpha value is 0.110. The molecule has 0 aliphatic carbocycles. The predicted octanol–water partition coefficient (Wildman–Crippen LogP) is 4.77. The minimum Gasteiger partial charge on any atom is -0.287 e. The molecule has 2 aliphatic heterocycles. The highest BCUT2D eigenvalue weighted by atomic mass is 32.2. The van der Waals surface area contributed by atoms with Gasteiger partial charge in [0, 0.05) is 28.6 Å². The molecule has 0 bridgehead atoms. The molecule has 2 aliphatic rings. The van der Waals surface area contributed by atoms with Gasteiger partial charge in [-0.05, 0) is 10.8 Å². The molecule has 2 rings (SSSR count). The lowest BCUT2D eigenvalue weighted by Gasteiger charge is -2.31. The highest BCUT2D eigenvalue weighted by Crippen LogP contribution is 2.50. The van der Waals surface area contributed by atoms with Crippen molar-refractivity contribution < 1.29 is 4.79 Å². The average Bonchev–Trinajstić information content (AvgIpc) is 2.79. The van der Waals surface area contributed by atoms with Gasteiger partial charge in [0.25, 0.3) is 0 Å². The van der Waals surface area contributed by atoms with Gasteiger partial charge in [-0.15, -0.1) is 11.8 Å². The van der Waals surface area contributed by atoms with Crippen molar-refractivity contribution in [3.63, 3.8) is 0 Å². The van der Waals surface area contributed by atoms with E-state index in [1.807, 2.05) is 11.8 Å². The van der Waals surface area contributed by atoms with Crippen molar-refractivity contribution in [1.82, 2.24) is 0 Å². The smallest absolute Gasteiger partial charge is 0.189 e. The number of rotatable bonds is 1. The van der Waals surface area contributed by atoms with Crippen molar-refractivity contribution in [1.29, 1.82) is 0 Å². The second-order valence-corrected chi connectivity index (χ2v) is 10.3. The zero-order chi connectivity index (χ0) is 14.4. The molecule has 3 heteroatoms. The van der Waals surface area contributed by atoms with E-state index in [9.17, 15) is 4.79 Å². The van der Waals surface area contributed by atoms with Crippen molar-refractivity contribution in [2.45, 2.75) is 58.5 Å². The van der Waals surface area contributed by atoms with Crippen LogP contribution in [-0.2, 0) is 4.79 Å². The summed E-state index contributed by atoms with van der Waals surface area (Å²) in [6.07, 6.45) is 3.21. The van der Waals surface area contributed by atoms with E-state index in [0.717, 1.165) is 12.2 Å². The number of carbonyl (C=O) groups is 1. The van der Waals surface area contributed by atoms with Gasteiger partial charge in [-0.2, -0.15) is 0 Å². The van der Waals surface area contributed by atoms with Crippen LogP contribution in [0.2, 0.25) is 0 Å². The molecule has 3 unspecified atom stereocenters. The summed E-state index contributed by atoms with van der Waals surface area (Å²) in [4.78, 5) is 11.9. The molecule has 1 fully saturated rings. The van der Waals surface area contributed by atoms with Crippen LogP contribution in [-0.4, -0.2) is 21.4 Å². The lowest BCUT2D eigenvalue weighted by molar-refractivity contribution is -0.110. The molecular formula is C16H26OS2. The van der Waals surface area contributed by atoms with Gasteiger partial charge in [0.2, 0.25) is 0 Å². The molecule has 1 saturated heterocycles. The molecule has 0 N–H and O–H groups in total. The lowest BCUT2D eigenvalue weighted by Crippen LogP contribution is -2.29. The third-order valence-corrected chi connectivity index (χ3v) is 7.41. The first-order valence-corrected chi connectivity index (χ1v) is 9.03. The van der Waals surface area contributed by atoms with Gasteiger partial charge in [0.15, 0.2) is 5.12 Å². The van der Waals surface area contributed by atoms with Crippen LogP contribution in [0.25, 0.3) is 0 Å². The first-order valence-electron chi connectivity index (χ1n) is 7.11. The summed E-state index contributed by atoms with van der Waals surface area (Å²) in [5.41, 5.74) is 2.05. The van der Waals surface area contributed by atoms with Gasteiger partial charge in [-0.1, -0.05) is 65.0 Å². The van der Waals surface area contributed by atoms with E-state index < -0.39 is 0 Å². The van der Waals surface area contributed by atoms with Crippen LogP contribution in [0.4, 0.5) is 0 Å². The Morgan fingerprint density at radius 2 is 1.74 bits per heavy atom. The number of carbonyl (C=O) groups excluding carboxylic acids is 1. The summed E-state index contributed by atoms with van der Waals surface area (Å²) in [6.45, 7) is 13.7. The van der Waals surface area contributed by atoms with E-state index in [-0.39, 0.29) is 5.41 Å².